The van der Waals surface area contributed by atoms with Crippen LogP contribution in [-0.4, -0.2) is 24.2 Å². The number of hydrogen-bond acceptors (Lipinski definition) is 4. The highest BCUT2D eigenvalue weighted by Crippen LogP contribution is 2.25. The Kier molecular flexibility index (Phi) is 5.84. The topological polar surface area (TPSA) is 52.8 Å². The molecule has 0 N–H and O–H groups in total. The molecule has 138 valence electrons. The summed E-state index contributed by atoms with van der Waals surface area (Å²) in [5, 5.41) is 0.434. The van der Waals surface area contributed by atoms with Gasteiger partial charge in [0.15, 0.2) is 4.80 Å². The Morgan fingerprint density at radius 1 is 1.33 bits per heavy atom. The van der Waals surface area contributed by atoms with E-state index in [0.717, 1.165) is 16.0 Å². The lowest BCUT2D eigenvalue weighted by Crippen LogP contribution is -2.16. The summed E-state index contributed by atoms with van der Waals surface area (Å²) in [6.45, 7) is 2.80. The molecular weight excluding hydrogens is 384 g/mol. The third-order valence-electron chi connectivity index (χ3n) is 3.80. The zero-order valence-electron chi connectivity index (χ0n) is 14.9. The lowest BCUT2D eigenvalue weighted by molar-refractivity contribution is 0.0995. The van der Waals surface area contributed by atoms with Gasteiger partial charge in [0.25, 0.3) is 5.91 Å². The molecule has 0 atom stereocenters. The first-order chi connectivity index (χ1) is 13.1. The van der Waals surface area contributed by atoms with Crippen molar-refractivity contribution in [2.75, 3.05) is 13.7 Å². The summed E-state index contributed by atoms with van der Waals surface area (Å²) >= 11 is 7.39. The van der Waals surface area contributed by atoms with Crippen LogP contribution in [0.5, 0.6) is 11.5 Å². The van der Waals surface area contributed by atoms with Gasteiger partial charge in [0, 0.05) is 5.02 Å². The molecule has 3 aromatic rings. The molecule has 0 unspecified atom stereocenters. The Hall–Kier alpha value is -2.75. The average Bonchev–Trinajstić information content (AvgIpc) is 2.99. The molecule has 1 amide bonds. The van der Waals surface area contributed by atoms with Crippen molar-refractivity contribution < 1.29 is 14.3 Å². The van der Waals surface area contributed by atoms with Gasteiger partial charge >= 0.3 is 0 Å². The predicted molar refractivity (Wildman–Crippen MR) is 108 cm³/mol. The summed E-state index contributed by atoms with van der Waals surface area (Å²) in [6.07, 6.45) is 5.51. The van der Waals surface area contributed by atoms with E-state index in [1.807, 2.05) is 29.7 Å². The van der Waals surface area contributed by atoms with Crippen LogP contribution in [0.2, 0.25) is 5.02 Å². The van der Waals surface area contributed by atoms with E-state index < -0.39 is 5.91 Å². The summed E-state index contributed by atoms with van der Waals surface area (Å²) in [7, 11) is 1.49. The minimum absolute atomic E-state index is 0.296. The number of benzene rings is 2. The van der Waals surface area contributed by atoms with E-state index in [1.54, 1.807) is 12.1 Å². The van der Waals surface area contributed by atoms with Crippen molar-refractivity contribution in [3.8, 4) is 23.8 Å². The van der Waals surface area contributed by atoms with E-state index in [4.69, 9.17) is 27.5 Å². The number of rotatable bonds is 5. The number of halogens is 1. The molecule has 1 heterocycles. The first kappa shape index (κ1) is 19.0. The number of carbonyl (C=O) groups is 1. The third-order valence-corrected chi connectivity index (χ3v) is 5.08. The predicted octanol–water partition coefficient (Wildman–Crippen LogP) is 4.14. The molecule has 1 aromatic heterocycles. The number of aromatic nitrogens is 1. The fourth-order valence-corrected chi connectivity index (χ4v) is 3.86. The number of hydrogen-bond donors (Lipinski definition) is 0. The van der Waals surface area contributed by atoms with Gasteiger partial charge in [-0.3, -0.25) is 4.79 Å². The number of carbonyl (C=O) groups excluding carboxylic acids is 1. The van der Waals surface area contributed by atoms with E-state index in [9.17, 15) is 4.79 Å². The molecule has 0 fully saturated rings. The molecule has 5 nitrogen and oxygen atoms in total. The molecule has 2 aromatic carbocycles. The van der Waals surface area contributed by atoms with Gasteiger partial charge < -0.3 is 14.0 Å². The Morgan fingerprint density at radius 3 is 2.85 bits per heavy atom. The second-order valence-electron chi connectivity index (χ2n) is 5.50. The average molecular weight is 401 g/mol. The minimum atomic E-state index is -0.447. The molecule has 27 heavy (non-hydrogen) atoms. The zero-order valence-corrected chi connectivity index (χ0v) is 16.4. The highest BCUT2D eigenvalue weighted by Gasteiger charge is 2.14. The lowest BCUT2D eigenvalue weighted by atomic mass is 10.2. The highest BCUT2D eigenvalue weighted by atomic mass is 35.5. The van der Waals surface area contributed by atoms with Crippen molar-refractivity contribution in [3.63, 3.8) is 0 Å². The van der Waals surface area contributed by atoms with Crippen molar-refractivity contribution in [3.05, 3.63) is 51.8 Å². The zero-order chi connectivity index (χ0) is 19.4. The van der Waals surface area contributed by atoms with Crippen LogP contribution < -0.4 is 14.3 Å². The summed E-state index contributed by atoms with van der Waals surface area (Å²) < 4.78 is 13.5. The van der Waals surface area contributed by atoms with Gasteiger partial charge in [-0.2, -0.15) is 4.99 Å². The molecule has 7 heteroatoms. The first-order valence-corrected chi connectivity index (χ1v) is 9.39. The second kappa shape index (κ2) is 8.30. The molecule has 3 rings (SSSR count). The summed E-state index contributed by atoms with van der Waals surface area (Å²) in [5.74, 6) is 3.33. The van der Waals surface area contributed by atoms with Gasteiger partial charge in [-0.25, -0.2) is 0 Å². The molecule has 0 saturated heterocycles. The molecule has 0 aliphatic heterocycles. The smallest absolute Gasteiger partial charge is 0.283 e. The van der Waals surface area contributed by atoms with Crippen LogP contribution in [0.15, 0.2) is 41.4 Å². The molecule has 0 spiro atoms. The monoisotopic (exact) mass is 400 g/mol. The van der Waals surface area contributed by atoms with Crippen molar-refractivity contribution in [1.29, 1.82) is 0 Å². The van der Waals surface area contributed by atoms with E-state index >= 15 is 0 Å². The summed E-state index contributed by atoms with van der Waals surface area (Å²) in [6, 6.07) is 10.5. The number of fused-ring (bicyclic) bond motifs is 1. The normalized spacial score (nSPS) is 11.4. The van der Waals surface area contributed by atoms with Crippen LogP contribution in [0.4, 0.5) is 0 Å². The van der Waals surface area contributed by atoms with Crippen LogP contribution in [0.3, 0.4) is 0 Å². The quantitative estimate of drug-likeness (QED) is 0.605. The number of nitrogens with zero attached hydrogens (tertiary/aromatic N) is 2. The van der Waals surface area contributed by atoms with Crippen LogP contribution in [0, 0.1) is 12.3 Å². The van der Waals surface area contributed by atoms with Crippen LogP contribution in [0.1, 0.15) is 17.3 Å². The second-order valence-corrected chi connectivity index (χ2v) is 6.94. The molecule has 0 bridgehead atoms. The number of amides is 1. The van der Waals surface area contributed by atoms with Crippen molar-refractivity contribution in [2.24, 2.45) is 4.99 Å². The number of thiazole rings is 1. The highest BCUT2D eigenvalue weighted by molar-refractivity contribution is 7.16. The van der Waals surface area contributed by atoms with Gasteiger partial charge in [-0.15, -0.1) is 6.42 Å². The third kappa shape index (κ3) is 4.00. The Bertz CT molecular complexity index is 1110. The lowest BCUT2D eigenvalue weighted by Gasteiger charge is -2.05. The fourth-order valence-electron chi connectivity index (χ4n) is 2.63. The SMILES string of the molecule is C#CCn1c(=NC(=O)c2cc(Cl)ccc2OC)sc2cc(OCC)ccc21. The fraction of sp³-hybridized carbons (Fsp3) is 0.200. The van der Waals surface area contributed by atoms with Gasteiger partial charge in [-0.05, 0) is 43.3 Å². The van der Waals surface area contributed by atoms with Crippen LogP contribution in [-0.2, 0) is 6.54 Å². The summed E-state index contributed by atoms with van der Waals surface area (Å²) in [4.78, 5) is 17.5. The van der Waals surface area contributed by atoms with Crippen LogP contribution in [0.25, 0.3) is 10.2 Å². The number of methoxy groups -OCH3 is 1. The van der Waals surface area contributed by atoms with E-state index in [-0.39, 0.29) is 0 Å². The van der Waals surface area contributed by atoms with Gasteiger partial charge in [0.05, 0.1) is 36.0 Å². The molecule has 0 saturated carbocycles. The molecule has 0 aliphatic rings. The van der Waals surface area contributed by atoms with Crippen molar-refractivity contribution in [1.82, 2.24) is 4.57 Å². The van der Waals surface area contributed by atoms with Gasteiger partial charge in [-0.1, -0.05) is 28.9 Å². The maximum atomic E-state index is 12.8. The standard InChI is InChI=1S/C20H17ClN2O3S/c1-4-10-23-16-8-7-14(26-5-2)12-18(16)27-20(23)22-19(24)15-11-13(21)6-9-17(15)25-3/h1,6-9,11-12H,5,10H2,2-3H3. The van der Waals surface area contributed by atoms with Gasteiger partial charge in [0.1, 0.15) is 11.5 Å². The van der Waals surface area contributed by atoms with Crippen LogP contribution >= 0.6 is 22.9 Å². The first-order valence-electron chi connectivity index (χ1n) is 8.19. The van der Waals surface area contributed by atoms with Crippen molar-refractivity contribution >= 4 is 39.1 Å². The Labute approximate surface area is 165 Å². The maximum Gasteiger partial charge on any atom is 0.283 e. The Morgan fingerprint density at radius 2 is 2.15 bits per heavy atom. The number of terminal acetylenes is 1. The van der Waals surface area contributed by atoms with E-state index in [2.05, 4.69) is 10.9 Å². The minimum Gasteiger partial charge on any atom is -0.496 e. The van der Waals surface area contributed by atoms with Gasteiger partial charge in [0.2, 0.25) is 0 Å². The van der Waals surface area contributed by atoms with Crippen molar-refractivity contribution in [2.45, 2.75) is 13.5 Å². The summed E-state index contributed by atoms with van der Waals surface area (Å²) in [5.41, 5.74) is 1.19. The van der Waals surface area contributed by atoms with E-state index in [1.165, 1.54) is 24.5 Å². The largest absolute Gasteiger partial charge is 0.496 e. The molecular formula is C20H17ClN2O3S. The molecule has 0 aliphatic carbocycles. The van der Waals surface area contributed by atoms with E-state index in [0.29, 0.717) is 34.3 Å². The maximum absolute atomic E-state index is 12.8. The Balaban J connectivity index is 2.14. The molecule has 0 radical (unpaired) electrons. The number of ether oxygens (including phenoxy) is 2.